The summed E-state index contributed by atoms with van der Waals surface area (Å²) in [7, 11) is 0. The van der Waals surface area contributed by atoms with Gasteiger partial charge in [0.1, 0.15) is 13.2 Å². The average Bonchev–Trinajstić information content (AvgIpc) is 3.38. The van der Waals surface area contributed by atoms with Crippen LogP contribution >= 0.6 is 0 Å². The highest BCUT2D eigenvalue weighted by atomic mass is 16.6. The van der Waals surface area contributed by atoms with Crippen molar-refractivity contribution in [1.29, 1.82) is 0 Å². The van der Waals surface area contributed by atoms with E-state index in [4.69, 9.17) is 14.2 Å². The number of carbonyl (C=O) groups excluding carboxylic acids is 3. The van der Waals surface area contributed by atoms with Gasteiger partial charge in [0.25, 0.3) is 0 Å². The van der Waals surface area contributed by atoms with Gasteiger partial charge >= 0.3 is 17.9 Å². The van der Waals surface area contributed by atoms with Crippen LogP contribution in [0.2, 0.25) is 0 Å². The smallest absolute Gasteiger partial charge is 0.306 e. The molecule has 0 aromatic carbocycles. The van der Waals surface area contributed by atoms with Crippen molar-refractivity contribution < 1.29 is 28.6 Å². The highest BCUT2D eigenvalue weighted by molar-refractivity contribution is 5.71. The number of ether oxygens (including phenoxy) is 3. The minimum atomic E-state index is -0.796. The van der Waals surface area contributed by atoms with Gasteiger partial charge in [-0.3, -0.25) is 14.4 Å². The quantitative estimate of drug-likeness (QED) is 0.0261. The van der Waals surface area contributed by atoms with Crippen LogP contribution in [-0.4, -0.2) is 37.2 Å². The molecule has 0 aliphatic rings. The molecule has 0 N–H and O–H groups in total. The first-order valence-corrected chi connectivity index (χ1v) is 29.9. The number of rotatable bonds is 53. The second kappa shape index (κ2) is 59.6. The molecule has 6 heteroatoms. The predicted molar refractivity (Wildman–Crippen MR) is 311 cm³/mol. The average molecular weight is 1000 g/mol. The summed E-state index contributed by atoms with van der Waals surface area (Å²) in [5, 5.41) is 0. The molecule has 1 atom stereocenters. The Kier molecular flexibility index (Phi) is 56.4. The standard InChI is InChI=1S/C66H110O6/c1-4-7-10-13-16-19-22-25-28-29-30-31-32-33-34-35-36-37-39-41-44-47-50-53-56-59-65(68)71-62-63(61-70-64(67)58-55-52-49-46-43-40-27-24-21-18-15-12-9-6-3)72-66(69)60-57-54-51-48-45-42-38-26-23-20-17-14-11-8-5-2/h7,10,15-20,24-28,30-31,33-34,38,63H,4-6,8-9,11-14,21-23,29,32,35-37,39-62H2,1-3H3/b10-7-,18-15-,19-16-,20-17-,27-24-,28-25-,31-30-,34-33-,38-26-. The number of hydrogen-bond donors (Lipinski definition) is 0. The van der Waals surface area contributed by atoms with Crippen LogP contribution in [0, 0.1) is 0 Å². The van der Waals surface area contributed by atoms with E-state index in [1.807, 2.05) is 0 Å². The van der Waals surface area contributed by atoms with Gasteiger partial charge in [0.05, 0.1) is 0 Å². The van der Waals surface area contributed by atoms with E-state index < -0.39 is 6.10 Å². The van der Waals surface area contributed by atoms with E-state index in [2.05, 4.69) is 130 Å². The van der Waals surface area contributed by atoms with E-state index in [0.717, 1.165) is 148 Å². The second-order valence-corrected chi connectivity index (χ2v) is 19.5. The fourth-order valence-electron chi connectivity index (χ4n) is 7.99. The molecule has 0 aromatic heterocycles. The van der Waals surface area contributed by atoms with Gasteiger partial charge in [0, 0.05) is 19.3 Å². The zero-order chi connectivity index (χ0) is 52.2. The fraction of sp³-hybridized carbons (Fsp3) is 0.682. The van der Waals surface area contributed by atoms with Crippen molar-refractivity contribution in [2.75, 3.05) is 13.2 Å². The Morgan fingerprint density at radius 1 is 0.292 bits per heavy atom. The van der Waals surface area contributed by atoms with Crippen LogP contribution in [0.4, 0.5) is 0 Å². The molecule has 1 unspecified atom stereocenters. The highest BCUT2D eigenvalue weighted by Gasteiger charge is 2.19. The molecule has 0 aliphatic carbocycles. The van der Waals surface area contributed by atoms with E-state index in [9.17, 15) is 14.4 Å². The van der Waals surface area contributed by atoms with E-state index in [1.54, 1.807) is 0 Å². The van der Waals surface area contributed by atoms with Gasteiger partial charge < -0.3 is 14.2 Å². The monoisotopic (exact) mass is 999 g/mol. The van der Waals surface area contributed by atoms with Crippen LogP contribution < -0.4 is 0 Å². The lowest BCUT2D eigenvalue weighted by atomic mass is 10.1. The van der Waals surface area contributed by atoms with Gasteiger partial charge in [-0.25, -0.2) is 0 Å². The summed E-state index contributed by atoms with van der Waals surface area (Å²) >= 11 is 0. The largest absolute Gasteiger partial charge is 0.462 e. The van der Waals surface area contributed by atoms with Crippen LogP contribution in [-0.2, 0) is 28.6 Å². The molecular formula is C66H110O6. The van der Waals surface area contributed by atoms with Crippen molar-refractivity contribution in [2.45, 2.75) is 277 Å². The molecule has 0 saturated carbocycles. The molecule has 0 spiro atoms. The third-order valence-electron chi connectivity index (χ3n) is 12.5. The lowest BCUT2D eigenvalue weighted by molar-refractivity contribution is -0.167. The van der Waals surface area contributed by atoms with Crippen molar-refractivity contribution in [3.05, 3.63) is 109 Å². The SMILES string of the molecule is CC/C=C\C/C=C\C/C=C\C/C=C\C/C=C\CCCCCCCCCCCC(=O)OCC(COC(=O)CCCCCCC/C=C\C/C=C\CCCC)OC(=O)CCCCCCC/C=C\C/C=C\CCCCC. The molecule has 410 valence electrons. The number of carbonyl (C=O) groups is 3. The van der Waals surface area contributed by atoms with E-state index in [1.165, 1.54) is 83.5 Å². The van der Waals surface area contributed by atoms with Gasteiger partial charge in [-0.05, 0) is 122 Å². The Morgan fingerprint density at radius 2 is 0.556 bits per heavy atom. The van der Waals surface area contributed by atoms with Crippen molar-refractivity contribution in [2.24, 2.45) is 0 Å². The maximum absolute atomic E-state index is 12.9. The molecule has 0 aromatic rings. The molecule has 0 rings (SSSR count). The lowest BCUT2D eigenvalue weighted by Crippen LogP contribution is -2.30. The Hall–Kier alpha value is -3.93. The zero-order valence-electron chi connectivity index (χ0n) is 46.9. The maximum Gasteiger partial charge on any atom is 0.306 e. The van der Waals surface area contributed by atoms with Crippen molar-refractivity contribution in [3.63, 3.8) is 0 Å². The summed E-state index contributed by atoms with van der Waals surface area (Å²) in [6.07, 6.45) is 80.8. The minimum Gasteiger partial charge on any atom is -0.462 e. The third-order valence-corrected chi connectivity index (χ3v) is 12.5. The molecule has 0 radical (unpaired) electrons. The Labute approximate surface area is 444 Å². The maximum atomic E-state index is 12.9. The van der Waals surface area contributed by atoms with Crippen LogP contribution in [0.25, 0.3) is 0 Å². The Bertz CT molecular complexity index is 1470. The number of hydrogen-bond acceptors (Lipinski definition) is 6. The molecule has 0 heterocycles. The number of unbranched alkanes of at least 4 members (excludes halogenated alkanes) is 24. The number of esters is 3. The third kappa shape index (κ3) is 57.0. The van der Waals surface area contributed by atoms with Gasteiger partial charge in [-0.1, -0.05) is 239 Å². The van der Waals surface area contributed by atoms with Crippen LogP contribution in [0.15, 0.2) is 109 Å². The fourth-order valence-corrected chi connectivity index (χ4v) is 7.99. The summed E-state index contributed by atoms with van der Waals surface area (Å²) in [5.74, 6) is -0.924. The van der Waals surface area contributed by atoms with E-state index >= 15 is 0 Å². The van der Waals surface area contributed by atoms with Gasteiger partial charge in [-0.15, -0.1) is 0 Å². The van der Waals surface area contributed by atoms with Gasteiger partial charge in [-0.2, -0.15) is 0 Å². The Morgan fingerprint density at radius 3 is 0.889 bits per heavy atom. The molecule has 72 heavy (non-hydrogen) atoms. The first-order valence-electron chi connectivity index (χ1n) is 29.9. The van der Waals surface area contributed by atoms with Crippen LogP contribution in [0.3, 0.4) is 0 Å². The molecule has 6 nitrogen and oxygen atoms in total. The van der Waals surface area contributed by atoms with E-state index in [0.29, 0.717) is 19.3 Å². The summed E-state index contributed by atoms with van der Waals surface area (Å²) in [5.41, 5.74) is 0. The highest BCUT2D eigenvalue weighted by Crippen LogP contribution is 2.15. The van der Waals surface area contributed by atoms with E-state index in [-0.39, 0.29) is 31.1 Å². The normalized spacial score (nSPS) is 12.9. The summed E-state index contributed by atoms with van der Waals surface area (Å²) in [4.78, 5) is 38.2. The molecule has 0 aliphatic heterocycles. The first kappa shape index (κ1) is 68.1. The van der Waals surface area contributed by atoms with Gasteiger partial charge in [0.2, 0.25) is 0 Å². The number of allylic oxidation sites excluding steroid dienone is 18. The first-order chi connectivity index (χ1) is 35.5. The van der Waals surface area contributed by atoms with Crippen LogP contribution in [0.5, 0.6) is 0 Å². The summed E-state index contributed by atoms with van der Waals surface area (Å²) in [6, 6.07) is 0. The molecule has 0 saturated heterocycles. The lowest BCUT2D eigenvalue weighted by Gasteiger charge is -2.18. The van der Waals surface area contributed by atoms with Crippen molar-refractivity contribution >= 4 is 17.9 Å². The molecule has 0 amide bonds. The molecule has 0 fully saturated rings. The van der Waals surface area contributed by atoms with Crippen LogP contribution in [0.1, 0.15) is 271 Å². The molecule has 0 bridgehead atoms. The van der Waals surface area contributed by atoms with Gasteiger partial charge in [0.15, 0.2) is 6.10 Å². The summed E-state index contributed by atoms with van der Waals surface area (Å²) in [6.45, 7) is 6.44. The predicted octanol–water partition coefficient (Wildman–Crippen LogP) is 20.3. The Balaban J connectivity index is 4.37. The van der Waals surface area contributed by atoms with Crippen molar-refractivity contribution in [3.8, 4) is 0 Å². The molecular weight excluding hydrogens is 889 g/mol. The van der Waals surface area contributed by atoms with Crippen molar-refractivity contribution in [1.82, 2.24) is 0 Å². The zero-order valence-corrected chi connectivity index (χ0v) is 46.9. The topological polar surface area (TPSA) is 78.9 Å². The minimum absolute atomic E-state index is 0.0926. The second-order valence-electron chi connectivity index (χ2n) is 19.5. The summed E-state index contributed by atoms with van der Waals surface area (Å²) < 4.78 is 16.9.